The van der Waals surface area contributed by atoms with Gasteiger partial charge in [0.1, 0.15) is 0 Å². The molecule has 8 heteroatoms. The fourth-order valence-electron chi connectivity index (χ4n) is 2.40. The van der Waals surface area contributed by atoms with Crippen molar-refractivity contribution in [2.75, 3.05) is 5.32 Å². The summed E-state index contributed by atoms with van der Waals surface area (Å²) in [5.74, 6) is -2.06. The second-order valence-corrected chi connectivity index (χ2v) is 5.81. The minimum absolute atomic E-state index is 0.122. The van der Waals surface area contributed by atoms with Crippen molar-refractivity contribution in [1.82, 2.24) is 0 Å². The first kappa shape index (κ1) is 15.4. The van der Waals surface area contributed by atoms with Crippen LogP contribution in [-0.2, 0) is 9.59 Å². The number of carbonyl (C=O) groups excluding carboxylic acids is 1. The van der Waals surface area contributed by atoms with Crippen molar-refractivity contribution >= 4 is 39.2 Å². The van der Waals surface area contributed by atoms with Gasteiger partial charge < -0.3 is 10.4 Å². The summed E-state index contributed by atoms with van der Waals surface area (Å²) in [5, 5.41) is 22.3. The number of carbonyl (C=O) groups is 2. The van der Waals surface area contributed by atoms with Crippen LogP contribution >= 0.6 is 15.9 Å². The van der Waals surface area contributed by atoms with Gasteiger partial charge in [0.05, 0.1) is 16.5 Å². The van der Waals surface area contributed by atoms with Crippen molar-refractivity contribution in [1.29, 1.82) is 0 Å². The molecule has 1 saturated carbocycles. The second kappa shape index (κ2) is 6.21. The van der Waals surface area contributed by atoms with Crippen LogP contribution in [0.4, 0.5) is 11.4 Å². The normalized spacial score (nSPS) is 21.0. The van der Waals surface area contributed by atoms with Gasteiger partial charge >= 0.3 is 5.97 Å². The average Bonchev–Trinajstić information content (AvgIpc) is 2.90. The van der Waals surface area contributed by atoms with E-state index in [2.05, 4.69) is 21.2 Å². The van der Waals surface area contributed by atoms with Crippen molar-refractivity contribution in [2.24, 2.45) is 11.8 Å². The van der Waals surface area contributed by atoms with Gasteiger partial charge in [-0.15, -0.1) is 0 Å². The van der Waals surface area contributed by atoms with E-state index >= 15 is 0 Å². The Morgan fingerprint density at radius 2 is 2.00 bits per heavy atom. The van der Waals surface area contributed by atoms with Crippen LogP contribution in [-0.4, -0.2) is 21.9 Å². The number of nitrogens with zero attached hydrogens (tertiary/aromatic N) is 1. The van der Waals surface area contributed by atoms with E-state index in [4.69, 9.17) is 5.11 Å². The number of carboxylic acids is 1. The second-order valence-electron chi connectivity index (χ2n) is 4.96. The number of amides is 1. The molecule has 2 atom stereocenters. The van der Waals surface area contributed by atoms with Gasteiger partial charge in [0.2, 0.25) is 5.91 Å². The largest absolute Gasteiger partial charge is 0.481 e. The quantitative estimate of drug-likeness (QED) is 0.636. The Kier molecular flexibility index (Phi) is 4.56. The number of carboxylic acid groups (broad SMARTS) is 1. The van der Waals surface area contributed by atoms with Crippen molar-refractivity contribution in [3.8, 4) is 0 Å². The number of halogens is 1. The monoisotopic (exact) mass is 356 g/mol. The van der Waals surface area contributed by atoms with Crippen LogP contribution in [0, 0.1) is 22.0 Å². The molecular weight excluding hydrogens is 344 g/mol. The number of nitro groups is 1. The maximum Gasteiger partial charge on any atom is 0.306 e. The smallest absolute Gasteiger partial charge is 0.306 e. The summed E-state index contributed by atoms with van der Waals surface area (Å²) < 4.78 is 0.536. The fourth-order valence-corrected chi connectivity index (χ4v) is 2.75. The average molecular weight is 357 g/mol. The lowest BCUT2D eigenvalue weighted by Crippen LogP contribution is -2.22. The molecule has 2 unspecified atom stereocenters. The summed E-state index contributed by atoms with van der Waals surface area (Å²) in [4.78, 5) is 33.2. The fraction of sp³-hybridized carbons (Fsp3) is 0.385. The van der Waals surface area contributed by atoms with Crippen molar-refractivity contribution in [3.63, 3.8) is 0 Å². The number of hydrogen-bond acceptors (Lipinski definition) is 4. The number of rotatable bonds is 4. The minimum Gasteiger partial charge on any atom is -0.481 e. The van der Waals surface area contributed by atoms with Crippen LogP contribution in [0.25, 0.3) is 0 Å². The van der Waals surface area contributed by atoms with Crippen LogP contribution < -0.4 is 5.32 Å². The van der Waals surface area contributed by atoms with Gasteiger partial charge in [-0.3, -0.25) is 19.7 Å². The number of hydrogen-bond donors (Lipinski definition) is 2. The highest BCUT2D eigenvalue weighted by atomic mass is 79.9. The third kappa shape index (κ3) is 3.57. The molecule has 0 saturated heterocycles. The summed E-state index contributed by atoms with van der Waals surface area (Å²) in [6.07, 6.45) is 1.28. The molecule has 0 spiro atoms. The zero-order valence-electron chi connectivity index (χ0n) is 10.9. The van der Waals surface area contributed by atoms with Gasteiger partial charge in [0.25, 0.3) is 5.69 Å². The zero-order valence-corrected chi connectivity index (χ0v) is 12.5. The van der Waals surface area contributed by atoms with E-state index in [1.54, 1.807) is 0 Å². The first-order valence-corrected chi connectivity index (χ1v) is 7.15. The van der Waals surface area contributed by atoms with Crippen molar-refractivity contribution < 1.29 is 19.6 Å². The molecule has 2 rings (SSSR count). The van der Waals surface area contributed by atoms with Gasteiger partial charge in [-0.05, 0) is 41.3 Å². The lowest BCUT2D eigenvalue weighted by molar-refractivity contribution is -0.384. The van der Waals surface area contributed by atoms with Crippen LogP contribution in [0.2, 0.25) is 0 Å². The highest BCUT2D eigenvalue weighted by molar-refractivity contribution is 9.10. The molecule has 0 aliphatic heterocycles. The Labute approximate surface area is 128 Å². The Balaban J connectivity index is 2.08. The molecule has 1 amide bonds. The maximum absolute atomic E-state index is 12.1. The van der Waals surface area contributed by atoms with E-state index in [0.29, 0.717) is 29.4 Å². The standard InChI is InChI=1S/C13H13BrN2O5/c14-10-4-3-9(16(20)21)6-11(10)15-12(17)7-1-2-8(5-7)13(18)19/h3-4,6-8H,1-2,5H2,(H,15,17)(H,18,19). The summed E-state index contributed by atoms with van der Waals surface area (Å²) >= 11 is 3.22. The predicted octanol–water partition coefficient (Wildman–Crippen LogP) is 2.80. The third-order valence-corrected chi connectivity index (χ3v) is 4.26. The molecule has 1 aliphatic carbocycles. The lowest BCUT2D eigenvalue weighted by atomic mass is 10.0. The molecule has 21 heavy (non-hydrogen) atoms. The number of nitrogens with one attached hydrogen (secondary N) is 1. The Morgan fingerprint density at radius 1 is 1.33 bits per heavy atom. The molecule has 1 fully saturated rings. The summed E-state index contributed by atoms with van der Waals surface area (Å²) in [7, 11) is 0. The minimum atomic E-state index is -0.887. The molecule has 0 bridgehead atoms. The van der Waals surface area contributed by atoms with E-state index in [9.17, 15) is 19.7 Å². The predicted molar refractivity (Wildman–Crippen MR) is 77.9 cm³/mol. The number of anilines is 1. The van der Waals surface area contributed by atoms with Gasteiger partial charge in [-0.2, -0.15) is 0 Å². The first-order chi connectivity index (χ1) is 9.88. The Hall–Kier alpha value is -1.96. The molecule has 0 heterocycles. The zero-order chi connectivity index (χ0) is 15.6. The van der Waals surface area contributed by atoms with Gasteiger partial charge in [0, 0.05) is 22.5 Å². The van der Waals surface area contributed by atoms with Crippen molar-refractivity contribution in [3.05, 3.63) is 32.8 Å². The molecule has 1 aromatic rings. The Bertz CT molecular complexity index is 604. The molecule has 1 aromatic carbocycles. The molecule has 2 N–H and O–H groups in total. The molecular formula is C13H13BrN2O5. The van der Waals surface area contributed by atoms with Crippen LogP contribution in [0.3, 0.4) is 0 Å². The molecule has 1 aliphatic rings. The summed E-state index contributed by atoms with van der Waals surface area (Å²) in [6, 6.07) is 4.09. The van der Waals surface area contributed by atoms with E-state index in [1.807, 2.05) is 0 Å². The van der Waals surface area contributed by atoms with E-state index in [-0.39, 0.29) is 17.5 Å². The van der Waals surface area contributed by atoms with Crippen molar-refractivity contribution in [2.45, 2.75) is 19.3 Å². The van der Waals surface area contributed by atoms with Gasteiger partial charge in [0.15, 0.2) is 0 Å². The molecule has 112 valence electrons. The molecule has 0 radical (unpaired) electrons. The number of aliphatic carboxylic acids is 1. The highest BCUT2D eigenvalue weighted by Crippen LogP contribution is 2.33. The number of nitro benzene ring substituents is 1. The van der Waals surface area contributed by atoms with E-state index < -0.39 is 16.8 Å². The van der Waals surface area contributed by atoms with Crippen LogP contribution in [0.1, 0.15) is 19.3 Å². The number of benzene rings is 1. The maximum atomic E-state index is 12.1. The van der Waals surface area contributed by atoms with Crippen LogP contribution in [0.5, 0.6) is 0 Å². The van der Waals surface area contributed by atoms with Crippen LogP contribution in [0.15, 0.2) is 22.7 Å². The molecule has 7 nitrogen and oxygen atoms in total. The lowest BCUT2D eigenvalue weighted by Gasteiger charge is -2.12. The third-order valence-electron chi connectivity index (χ3n) is 3.57. The molecule has 0 aromatic heterocycles. The van der Waals surface area contributed by atoms with E-state index in [1.165, 1.54) is 18.2 Å². The topological polar surface area (TPSA) is 110 Å². The summed E-state index contributed by atoms with van der Waals surface area (Å²) in [6.45, 7) is 0. The summed E-state index contributed by atoms with van der Waals surface area (Å²) in [5.41, 5.74) is 0.191. The van der Waals surface area contributed by atoms with Gasteiger partial charge in [-0.1, -0.05) is 0 Å². The van der Waals surface area contributed by atoms with Gasteiger partial charge in [-0.25, -0.2) is 0 Å². The first-order valence-electron chi connectivity index (χ1n) is 6.36. The highest BCUT2D eigenvalue weighted by Gasteiger charge is 2.34. The Morgan fingerprint density at radius 3 is 2.57 bits per heavy atom. The van der Waals surface area contributed by atoms with E-state index in [0.717, 1.165) is 0 Å². The number of non-ortho nitro benzene ring substituents is 1. The SMILES string of the molecule is O=C(O)C1CCC(C(=O)Nc2cc([N+](=O)[O-])ccc2Br)C1.